The summed E-state index contributed by atoms with van der Waals surface area (Å²) in [5.74, 6) is 0. The van der Waals surface area contributed by atoms with Crippen molar-refractivity contribution in [2.45, 2.75) is 33.8 Å². The fraction of sp³-hybridized carbons (Fsp3) is 0.294. The summed E-state index contributed by atoms with van der Waals surface area (Å²) < 4.78 is 0. The summed E-state index contributed by atoms with van der Waals surface area (Å²) in [6.07, 6.45) is 2.80. The minimum atomic E-state index is 0.0652. The van der Waals surface area contributed by atoms with Crippen LogP contribution in [0.5, 0.6) is 0 Å². The second-order valence-electron chi connectivity index (χ2n) is 3.86. The van der Waals surface area contributed by atoms with Crippen LogP contribution >= 0.6 is 0 Å². The molecule has 1 N–H and O–H groups in total. The van der Waals surface area contributed by atoms with Crippen LogP contribution in [0.1, 0.15) is 37.5 Å². The fourth-order valence-corrected chi connectivity index (χ4v) is 2.22. The van der Waals surface area contributed by atoms with Crippen molar-refractivity contribution in [1.82, 2.24) is 0 Å². The summed E-state index contributed by atoms with van der Waals surface area (Å²) >= 11 is 0. The third kappa shape index (κ3) is 2.62. The number of hydrogen-bond acceptors (Lipinski definition) is 1. The van der Waals surface area contributed by atoms with Crippen LogP contribution in [-0.2, 0) is 13.0 Å². The molecule has 0 heterocycles. The van der Waals surface area contributed by atoms with Gasteiger partial charge in [0.15, 0.2) is 0 Å². The summed E-state index contributed by atoms with van der Waals surface area (Å²) in [7, 11) is 0. The molecule has 0 unspecified atom stereocenters. The molecule has 96 valence electrons. The monoisotopic (exact) mass is 242 g/mol. The van der Waals surface area contributed by atoms with Crippen molar-refractivity contribution < 1.29 is 5.11 Å². The molecule has 2 aromatic rings. The molecule has 0 aliphatic carbocycles. The van der Waals surface area contributed by atoms with Crippen molar-refractivity contribution in [2.24, 2.45) is 0 Å². The molecule has 0 saturated carbocycles. The first-order valence-corrected chi connectivity index (χ1v) is 6.58. The van der Waals surface area contributed by atoms with Crippen molar-refractivity contribution in [3.8, 4) is 0 Å². The molecule has 0 aromatic heterocycles. The summed E-state index contributed by atoms with van der Waals surface area (Å²) in [6.45, 7) is 10.0. The third-order valence-electron chi connectivity index (χ3n) is 3.03. The smallest absolute Gasteiger partial charge is 0.0693 e. The molecule has 18 heavy (non-hydrogen) atoms. The van der Waals surface area contributed by atoms with Gasteiger partial charge in [0.2, 0.25) is 0 Å². The predicted octanol–water partition coefficient (Wildman–Crippen LogP) is 4.56. The number of aliphatic hydroxyl groups excluding tert-OH is 1. The third-order valence-corrected chi connectivity index (χ3v) is 3.03. The van der Waals surface area contributed by atoms with Gasteiger partial charge >= 0.3 is 0 Å². The molecule has 2 aromatic carbocycles. The highest BCUT2D eigenvalue weighted by Gasteiger charge is 2.08. The maximum atomic E-state index is 9.52. The van der Waals surface area contributed by atoms with Gasteiger partial charge in [-0.15, -0.1) is 0 Å². The van der Waals surface area contributed by atoms with E-state index in [9.17, 15) is 5.11 Å². The molecule has 0 radical (unpaired) electrons. The fourth-order valence-electron chi connectivity index (χ4n) is 2.22. The Labute approximate surface area is 110 Å². The van der Waals surface area contributed by atoms with Gasteiger partial charge in [0.1, 0.15) is 0 Å². The van der Waals surface area contributed by atoms with Crippen molar-refractivity contribution >= 4 is 16.8 Å². The number of aryl methyl sites for hydroxylation is 1. The van der Waals surface area contributed by atoms with Crippen LogP contribution in [0.25, 0.3) is 16.8 Å². The highest BCUT2D eigenvalue weighted by molar-refractivity contribution is 5.89. The van der Waals surface area contributed by atoms with Gasteiger partial charge in [0.25, 0.3) is 0 Å². The lowest BCUT2D eigenvalue weighted by molar-refractivity contribution is 0.283. The lowest BCUT2D eigenvalue weighted by Gasteiger charge is -2.13. The maximum absolute atomic E-state index is 9.52. The minimum absolute atomic E-state index is 0.0652. The van der Waals surface area contributed by atoms with Crippen LogP contribution in [0.3, 0.4) is 0 Å². The van der Waals surface area contributed by atoms with Crippen molar-refractivity contribution in [1.29, 1.82) is 0 Å². The molecule has 0 aliphatic heterocycles. The second-order valence-corrected chi connectivity index (χ2v) is 3.86. The first-order chi connectivity index (χ1) is 8.81. The van der Waals surface area contributed by atoms with Crippen molar-refractivity contribution in [2.75, 3.05) is 0 Å². The van der Waals surface area contributed by atoms with E-state index in [-0.39, 0.29) is 6.61 Å². The molecule has 0 amide bonds. The molecule has 0 aliphatic rings. The molecular weight excluding hydrogens is 220 g/mol. The molecule has 1 heteroatoms. The van der Waals surface area contributed by atoms with Gasteiger partial charge in [0, 0.05) is 0 Å². The van der Waals surface area contributed by atoms with Gasteiger partial charge in [-0.3, -0.25) is 0 Å². The first-order valence-electron chi connectivity index (χ1n) is 6.58. The van der Waals surface area contributed by atoms with Crippen LogP contribution in [0, 0.1) is 0 Å². The number of benzene rings is 2. The molecule has 0 saturated heterocycles. The first kappa shape index (κ1) is 14.5. The molecule has 0 spiro atoms. The van der Waals surface area contributed by atoms with Gasteiger partial charge in [-0.1, -0.05) is 63.8 Å². The largest absolute Gasteiger partial charge is 0.392 e. The van der Waals surface area contributed by atoms with Gasteiger partial charge < -0.3 is 5.11 Å². The van der Waals surface area contributed by atoms with Crippen LogP contribution in [-0.4, -0.2) is 5.11 Å². The van der Waals surface area contributed by atoms with Gasteiger partial charge in [-0.2, -0.15) is 0 Å². The number of aliphatic hydroxyl groups is 1. The van der Waals surface area contributed by atoms with Crippen molar-refractivity contribution in [3.63, 3.8) is 0 Å². The van der Waals surface area contributed by atoms with Crippen molar-refractivity contribution in [3.05, 3.63) is 53.6 Å². The highest BCUT2D eigenvalue weighted by Crippen LogP contribution is 2.27. The van der Waals surface area contributed by atoms with Crippen LogP contribution < -0.4 is 0 Å². The average molecular weight is 242 g/mol. The summed E-state index contributed by atoms with van der Waals surface area (Å²) in [5.41, 5.74) is 3.33. The second kappa shape index (κ2) is 6.97. The summed E-state index contributed by atoms with van der Waals surface area (Å²) in [4.78, 5) is 0. The molecule has 0 atom stereocenters. The molecule has 0 fully saturated rings. The zero-order chi connectivity index (χ0) is 13.5. The van der Waals surface area contributed by atoms with E-state index in [1.807, 2.05) is 38.1 Å². The Hall–Kier alpha value is -1.60. The normalized spacial score (nSPS) is 9.78. The van der Waals surface area contributed by atoms with Crippen LogP contribution in [0.4, 0.5) is 0 Å². The SMILES string of the molecule is C=Cc1c(CC)cc2ccccc2c1CO.CC. The Bertz CT molecular complexity index is 526. The topological polar surface area (TPSA) is 20.2 Å². The van der Waals surface area contributed by atoms with Crippen LogP contribution in [0.2, 0.25) is 0 Å². The van der Waals surface area contributed by atoms with Crippen LogP contribution in [0.15, 0.2) is 36.9 Å². The lowest BCUT2D eigenvalue weighted by atomic mass is 9.93. The van der Waals surface area contributed by atoms with E-state index >= 15 is 0 Å². The zero-order valence-corrected chi connectivity index (χ0v) is 11.5. The van der Waals surface area contributed by atoms with Gasteiger partial charge in [-0.25, -0.2) is 0 Å². The lowest BCUT2D eigenvalue weighted by Crippen LogP contribution is -1.96. The number of hydrogen-bond donors (Lipinski definition) is 1. The van der Waals surface area contributed by atoms with E-state index in [4.69, 9.17) is 0 Å². The standard InChI is InChI=1S/C15H16O.C2H6/c1-3-11-9-12-7-5-6-8-14(12)15(10-16)13(11)4-2;1-2/h4-9,16H,2-3,10H2,1H3;1-2H3. The summed E-state index contributed by atoms with van der Waals surface area (Å²) in [5, 5.41) is 11.8. The Balaban J connectivity index is 0.000000771. The zero-order valence-electron chi connectivity index (χ0n) is 11.5. The van der Waals surface area contributed by atoms with Gasteiger partial charge in [0.05, 0.1) is 6.61 Å². The molecule has 2 rings (SSSR count). The van der Waals surface area contributed by atoms with E-state index < -0.39 is 0 Å². The van der Waals surface area contributed by atoms with E-state index in [0.29, 0.717) is 0 Å². The molecule has 0 bridgehead atoms. The Morgan fingerprint density at radius 1 is 1.22 bits per heavy atom. The number of rotatable bonds is 3. The van der Waals surface area contributed by atoms with E-state index in [2.05, 4.69) is 25.6 Å². The van der Waals surface area contributed by atoms with E-state index in [0.717, 1.165) is 22.9 Å². The predicted molar refractivity (Wildman–Crippen MR) is 80.7 cm³/mol. The molecular formula is C17H22O. The van der Waals surface area contributed by atoms with Gasteiger partial charge in [-0.05, 0) is 33.9 Å². The quantitative estimate of drug-likeness (QED) is 0.836. The Morgan fingerprint density at radius 2 is 1.89 bits per heavy atom. The summed E-state index contributed by atoms with van der Waals surface area (Å²) in [6, 6.07) is 10.3. The van der Waals surface area contributed by atoms with E-state index in [1.54, 1.807) is 0 Å². The minimum Gasteiger partial charge on any atom is -0.392 e. The average Bonchev–Trinajstić information content (AvgIpc) is 2.46. The maximum Gasteiger partial charge on any atom is 0.0693 e. The Morgan fingerprint density at radius 3 is 2.44 bits per heavy atom. The highest BCUT2D eigenvalue weighted by atomic mass is 16.3. The molecule has 1 nitrogen and oxygen atoms in total. The Kier molecular flexibility index (Phi) is 5.60. The number of fused-ring (bicyclic) bond motifs is 1. The van der Waals surface area contributed by atoms with E-state index in [1.165, 1.54) is 10.9 Å².